The molecule has 296 valence electrons. The second kappa shape index (κ2) is 17.8. The zero-order chi connectivity index (χ0) is 40.5. The summed E-state index contributed by atoms with van der Waals surface area (Å²) in [5, 5.41) is 8.04. The van der Waals surface area contributed by atoms with Gasteiger partial charge in [0.1, 0.15) is 29.0 Å². The van der Waals surface area contributed by atoms with Crippen molar-refractivity contribution in [2.75, 3.05) is 25.0 Å². The Morgan fingerprint density at radius 2 is 1.43 bits per heavy atom. The first kappa shape index (κ1) is 41.3. The van der Waals surface area contributed by atoms with Gasteiger partial charge in [-0.15, -0.1) is 0 Å². The fraction of sp³-hybridized carbons (Fsp3) is 0.395. The highest BCUT2D eigenvalue weighted by atomic mass is 16.6. The molecule has 4 amide bonds. The Kier molecular flexibility index (Phi) is 13.1. The normalized spacial score (nSPS) is 15.2. The highest BCUT2D eigenvalue weighted by Gasteiger charge is 2.42. The molecule has 3 aromatic carbocycles. The Hall–Kier alpha value is -5.82. The van der Waals surface area contributed by atoms with Crippen molar-refractivity contribution in [3.63, 3.8) is 0 Å². The summed E-state index contributed by atoms with van der Waals surface area (Å²) in [4.78, 5) is 73.4. The fourth-order valence-electron chi connectivity index (χ4n) is 6.72. The van der Waals surface area contributed by atoms with Gasteiger partial charge in [-0.25, -0.2) is 9.78 Å². The third-order valence-electron chi connectivity index (χ3n) is 9.83. The molecule has 4 aromatic rings. The monoisotopic (exact) mass is 764 g/mol. The smallest absolute Gasteiger partial charge is 0.408 e. The SMILES string of the molecule is CC(=O)C1(c2ccccc2)CCN(C(=O)C(c2ccccc2)n2cnc(NC(=O)[C@@H](COCc3ccccc3)NC(=O)C(C)(C)NC(=O)OC(C)(C)C)c2)CC1. The molecule has 1 aliphatic heterocycles. The summed E-state index contributed by atoms with van der Waals surface area (Å²) in [5.74, 6) is -1.21. The first-order valence-electron chi connectivity index (χ1n) is 18.8. The summed E-state index contributed by atoms with van der Waals surface area (Å²) in [6, 6.07) is 26.4. The average molecular weight is 765 g/mol. The highest BCUT2D eigenvalue weighted by Crippen LogP contribution is 2.37. The van der Waals surface area contributed by atoms with E-state index in [2.05, 4.69) is 20.9 Å². The molecule has 1 aromatic heterocycles. The summed E-state index contributed by atoms with van der Waals surface area (Å²) in [5.41, 5.74) is -0.346. The maximum Gasteiger partial charge on any atom is 0.408 e. The molecule has 5 rings (SSSR count). The third-order valence-corrected chi connectivity index (χ3v) is 9.83. The van der Waals surface area contributed by atoms with E-state index >= 15 is 0 Å². The van der Waals surface area contributed by atoms with E-state index in [4.69, 9.17) is 9.47 Å². The molecule has 13 nitrogen and oxygen atoms in total. The van der Waals surface area contributed by atoms with Crippen LogP contribution in [-0.2, 0) is 40.7 Å². The minimum Gasteiger partial charge on any atom is -0.444 e. The number of likely N-dealkylation sites (tertiary alicyclic amines) is 1. The van der Waals surface area contributed by atoms with E-state index in [1.807, 2.05) is 91.0 Å². The van der Waals surface area contributed by atoms with Crippen LogP contribution in [0.15, 0.2) is 104 Å². The number of carbonyl (C=O) groups is 5. The van der Waals surface area contributed by atoms with Crippen LogP contribution in [-0.4, -0.2) is 80.9 Å². The molecule has 0 saturated carbocycles. The van der Waals surface area contributed by atoms with Crippen LogP contribution in [0.3, 0.4) is 0 Å². The van der Waals surface area contributed by atoms with Gasteiger partial charge >= 0.3 is 6.09 Å². The van der Waals surface area contributed by atoms with Crippen LogP contribution in [0.5, 0.6) is 0 Å². The Labute approximate surface area is 328 Å². The lowest BCUT2D eigenvalue weighted by atomic mass is 9.70. The van der Waals surface area contributed by atoms with Crippen molar-refractivity contribution in [2.24, 2.45) is 0 Å². The number of hydrogen-bond donors (Lipinski definition) is 3. The van der Waals surface area contributed by atoms with Crippen molar-refractivity contribution in [3.05, 3.63) is 120 Å². The average Bonchev–Trinajstić information content (AvgIpc) is 3.62. The number of carbonyl (C=O) groups excluding carboxylic acids is 5. The molecule has 3 N–H and O–H groups in total. The van der Waals surface area contributed by atoms with E-state index in [1.165, 1.54) is 20.2 Å². The van der Waals surface area contributed by atoms with Crippen molar-refractivity contribution in [1.29, 1.82) is 0 Å². The quantitative estimate of drug-likeness (QED) is 0.150. The van der Waals surface area contributed by atoms with Gasteiger partial charge in [-0.05, 0) is 71.1 Å². The van der Waals surface area contributed by atoms with Gasteiger partial charge in [0, 0.05) is 19.3 Å². The predicted octanol–water partition coefficient (Wildman–Crippen LogP) is 5.57. The molecule has 2 atom stereocenters. The molecular weight excluding hydrogens is 713 g/mol. The van der Waals surface area contributed by atoms with Gasteiger partial charge < -0.3 is 34.9 Å². The molecule has 13 heteroatoms. The second-order valence-electron chi connectivity index (χ2n) is 15.6. The molecule has 1 aliphatic rings. The maximum absolute atomic E-state index is 14.4. The van der Waals surface area contributed by atoms with Crippen LogP contribution < -0.4 is 16.0 Å². The lowest BCUT2D eigenvalue weighted by Gasteiger charge is -2.41. The third kappa shape index (κ3) is 10.5. The number of piperidine rings is 1. The molecule has 0 bridgehead atoms. The topological polar surface area (TPSA) is 161 Å². The number of Topliss-reactive ketones (excluding diaryl/α,β-unsaturated/α-hetero) is 1. The Bertz CT molecular complexity index is 1970. The minimum absolute atomic E-state index is 0.0771. The molecule has 56 heavy (non-hydrogen) atoms. The van der Waals surface area contributed by atoms with Crippen molar-refractivity contribution in [2.45, 2.75) is 89.6 Å². The number of hydrogen-bond acceptors (Lipinski definition) is 8. The van der Waals surface area contributed by atoms with Crippen molar-refractivity contribution < 1.29 is 33.4 Å². The summed E-state index contributed by atoms with van der Waals surface area (Å²) in [7, 11) is 0. The van der Waals surface area contributed by atoms with Crippen LogP contribution in [0.2, 0.25) is 0 Å². The van der Waals surface area contributed by atoms with Gasteiger partial charge in [-0.2, -0.15) is 0 Å². The van der Waals surface area contributed by atoms with E-state index in [0.29, 0.717) is 25.9 Å². The first-order valence-corrected chi connectivity index (χ1v) is 18.8. The van der Waals surface area contributed by atoms with Gasteiger partial charge in [0.15, 0.2) is 5.82 Å². The van der Waals surface area contributed by atoms with E-state index in [9.17, 15) is 24.0 Å². The number of aromatic nitrogens is 2. The van der Waals surface area contributed by atoms with E-state index in [-0.39, 0.29) is 30.7 Å². The molecule has 1 saturated heterocycles. The number of benzene rings is 3. The number of amides is 4. The van der Waals surface area contributed by atoms with Crippen molar-refractivity contribution >= 4 is 35.4 Å². The van der Waals surface area contributed by atoms with Crippen LogP contribution in [0.1, 0.15) is 77.1 Å². The van der Waals surface area contributed by atoms with Gasteiger partial charge in [0.2, 0.25) is 11.8 Å². The summed E-state index contributed by atoms with van der Waals surface area (Å²) in [6.07, 6.45) is 3.25. The molecule has 0 spiro atoms. The Morgan fingerprint density at radius 3 is 2.02 bits per heavy atom. The lowest BCUT2D eigenvalue weighted by Crippen LogP contribution is -2.59. The number of alkyl carbamates (subject to hydrolysis) is 1. The van der Waals surface area contributed by atoms with Gasteiger partial charge in [-0.1, -0.05) is 91.0 Å². The number of anilines is 1. The number of nitrogens with one attached hydrogen (secondary N) is 3. The van der Waals surface area contributed by atoms with Crippen LogP contribution in [0.4, 0.5) is 10.6 Å². The highest BCUT2D eigenvalue weighted by molar-refractivity contribution is 5.98. The number of rotatable bonds is 14. The zero-order valence-electron chi connectivity index (χ0n) is 32.9. The van der Waals surface area contributed by atoms with E-state index < -0.39 is 46.5 Å². The number of ketones is 1. The van der Waals surface area contributed by atoms with Crippen LogP contribution >= 0.6 is 0 Å². The number of ether oxygens (including phenoxy) is 2. The molecule has 1 unspecified atom stereocenters. The fourth-order valence-corrected chi connectivity index (χ4v) is 6.72. The number of nitrogens with zero attached hydrogens (tertiary/aromatic N) is 3. The van der Waals surface area contributed by atoms with Gasteiger partial charge in [0.05, 0.1) is 25.0 Å². The van der Waals surface area contributed by atoms with Crippen molar-refractivity contribution in [3.8, 4) is 0 Å². The largest absolute Gasteiger partial charge is 0.444 e. The van der Waals surface area contributed by atoms with Crippen LogP contribution in [0, 0.1) is 0 Å². The van der Waals surface area contributed by atoms with Crippen LogP contribution in [0.25, 0.3) is 0 Å². The standard InChI is InChI=1S/C43H52N6O7/c1-30(50)43(33-20-14-9-15-21-33)22-24-48(25-23-43)38(52)36(32-18-12-8-13-19-32)49-26-35(44-29-49)46-37(51)34(28-55-27-31-16-10-7-11-17-31)45-39(53)42(5,6)47-40(54)56-41(2,3)4/h7-21,26,29,34,36H,22-25,27-28H2,1-6H3,(H,45,53)(H,46,51)(H,47,54)/t34-,36?/m1/s1. The Balaban J connectivity index is 1.32. The second-order valence-corrected chi connectivity index (χ2v) is 15.6. The van der Waals surface area contributed by atoms with Gasteiger partial charge in [0.25, 0.3) is 5.91 Å². The van der Waals surface area contributed by atoms with E-state index in [0.717, 1.165) is 16.7 Å². The number of imidazole rings is 1. The minimum atomic E-state index is -1.45. The summed E-state index contributed by atoms with van der Waals surface area (Å²) >= 11 is 0. The summed E-state index contributed by atoms with van der Waals surface area (Å²) < 4.78 is 12.8. The molecule has 2 heterocycles. The first-order chi connectivity index (χ1) is 26.6. The lowest BCUT2D eigenvalue weighted by molar-refractivity contribution is -0.137. The maximum atomic E-state index is 14.4. The molecule has 0 radical (unpaired) electrons. The van der Waals surface area contributed by atoms with E-state index in [1.54, 1.807) is 43.4 Å². The van der Waals surface area contributed by atoms with Gasteiger partial charge in [-0.3, -0.25) is 19.2 Å². The molecular formula is C43H52N6O7. The predicted molar refractivity (Wildman–Crippen MR) is 212 cm³/mol. The van der Waals surface area contributed by atoms with Crippen molar-refractivity contribution in [1.82, 2.24) is 25.1 Å². The molecule has 1 fully saturated rings. The summed E-state index contributed by atoms with van der Waals surface area (Å²) in [6.45, 7) is 10.5. The molecule has 0 aliphatic carbocycles. The Morgan fingerprint density at radius 1 is 0.839 bits per heavy atom. The zero-order valence-corrected chi connectivity index (χ0v) is 32.9.